The third-order valence-electron chi connectivity index (χ3n) is 3.79. The number of benzene rings is 2. The zero-order valence-electron chi connectivity index (χ0n) is 13.1. The molecule has 0 aliphatic rings. The van der Waals surface area contributed by atoms with Crippen molar-refractivity contribution in [3.8, 4) is 6.07 Å². The van der Waals surface area contributed by atoms with E-state index in [0.29, 0.717) is 16.3 Å². The van der Waals surface area contributed by atoms with Crippen molar-refractivity contribution in [2.75, 3.05) is 12.4 Å². The Hall–Kier alpha value is -2.35. The van der Waals surface area contributed by atoms with Crippen LogP contribution < -0.4 is 10.2 Å². The average molecular weight is 329 g/mol. The van der Waals surface area contributed by atoms with Crippen LogP contribution in [0.3, 0.4) is 0 Å². The highest BCUT2D eigenvalue weighted by atomic mass is 35.5. The van der Waals surface area contributed by atoms with E-state index in [4.69, 9.17) is 16.9 Å². The van der Waals surface area contributed by atoms with Crippen LogP contribution in [0, 0.1) is 11.3 Å². The molecule has 4 nitrogen and oxygen atoms in total. The highest BCUT2D eigenvalue weighted by Crippen LogP contribution is 2.10. The molecule has 2 N–H and O–H groups in total. The molecule has 118 valence electrons. The van der Waals surface area contributed by atoms with Crippen LogP contribution in [-0.2, 0) is 11.3 Å². The zero-order chi connectivity index (χ0) is 16.8. The van der Waals surface area contributed by atoms with Crippen LogP contribution in [0.2, 0.25) is 5.02 Å². The molecule has 0 spiro atoms. The van der Waals surface area contributed by atoms with Gasteiger partial charge in [-0.25, -0.2) is 0 Å². The normalized spacial score (nSPS) is 13.0. The fraction of sp³-hybridized carbons (Fsp3) is 0.222. The van der Waals surface area contributed by atoms with Crippen LogP contribution >= 0.6 is 11.6 Å². The van der Waals surface area contributed by atoms with Crippen LogP contribution in [0.1, 0.15) is 18.1 Å². The molecule has 0 fully saturated rings. The van der Waals surface area contributed by atoms with Crippen molar-refractivity contribution < 1.29 is 9.69 Å². The smallest absolute Gasteiger partial charge is 0.282 e. The summed E-state index contributed by atoms with van der Waals surface area (Å²) in [5.41, 5.74) is 2.29. The number of quaternary nitrogens is 1. The summed E-state index contributed by atoms with van der Waals surface area (Å²) in [4.78, 5) is 13.4. The van der Waals surface area contributed by atoms with Gasteiger partial charge in [0.25, 0.3) is 5.91 Å². The number of hydrogen-bond acceptors (Lipinski definition) is 2. The summed E-state index contributed by atoms with van der Waals surface area (Å²) >= 11 is 5.88. The first-order valence-corrected chi connectivity index (χ1v) is 7.75. The molecule has 0 heterocycles. The van der Waals surface area contributed by atoms with Crippen molar-refractivity contribution in [2.24, 2.45) is 0 Å². The quantitative estimate of drug-likeness (QED) is 0.884. The maximum atomic E-state index is 12.4. The molecule has 2 aromatic carbocycles. The summed E-state index contributed by atoms with van der Waals surface area (Å²) in [7, 11) is 1.98. The van der Waals surface area contributed by atoms with E-state index < -0.39 is 0 Å². The molecule has 1 unspecified atom stereocenters. The fourth-order valence-electron chi connectivity index (χ4n) is 2.22. The van der Waals surface area contributed by atoms with Crippen molar-refractivity contribution in [3.63, 3.8) is 0 Å². The zero-order valence-corrected chi connectivity index (χ0v) is 13.9. The van der Waals surface area contributed by atoms with Crippen molar-refractivity contribution >= 4 is 23.2 Å². The van der Waals surface area contributed by atoms with Gasteiger partial charge in [0.2, 0.25) is 0 Å². The Bertz CT molecular complexity index is 722. The summed E-state index contributed by atoms with van der Waals surface area (Å²) in [6.07, 6.45) is 0. The number of rotatable bonds is 5. The standard InChI is InChI=1S/C18H18ClN3O/c1-13(22(2)12-14-6-8-16(19)9-7-14)18(23)21-17-5-3-4-15(10-17)11-20/h3-10,13H,12H2,1-2H3,(H,21,23)/p+1/t13-/m0/s1. The van der Waals surface area contributed by atoms with Gasteiger partial charge in [-0.05, 0) is 37.3 Å². The predicted molar refractivity (Wildman–Crippen MR) is 91.3 cm³/mol. The summed E-state index contributed by atoms with van der Waals surface area (Å²) in [6, 6.07) is 16.4. The van der Waals surface area contributed by atoms with Crippen molar-refractivity contribution in [1.29, 1.82) is 5.26 Å². The molecule has 1 amide bonds. The number of carbonyl (C=O) groups is 1. The Morgan fingerprint density at radius 1 is 1.30 bits per heavy atom. The molecule has 0 bridgehead atoms. The average Bonchev–Trinajstić information content (AvgIpc) is 2.56. The minimum Gasteiger partial charge on any atom is -0.324 e. The summed E-state index contributed by atoms with van der Waals surface area (Å²) < 4.78 is 0. The van der Waals surface area contributed by atoms with Crippen molar-refractivity contribution in [1.82, 2.24) is 0 Å². The van der Waals surface area contributed by atoms with Gasteiger partial charge in [0, 0.05) is 16.3 Å². The summed E-state index contributed by atoms with van der Waals surface area (Å²) in [5, 5.41) is 12.5. The summed E-state index contributed by atoms with van der Waals surface area (Å²) in [5.74, 6) is -0.0773. The predicted octanol–water partition coefficient (Wildman–Crippen LogP) is 2.25. The Kier molecular flexibility index (Phi) is 5.75. The van der Waals surface area contributed by atoms with Crippen molar-refractivity contribution in [3.05, 3.63) is 64.7 Å². The number of hydrogen-bond donors (Lipinski definition) is 2. The van der Waals surface area contributed by atoms with Gasteiger partial charge in [0.05, 0.1) is 18.7 Å². The van der Waals surface area contributed by atoms with Gasteiger partial charge in [-0.15, -0.1) is 0 Å². The second-order valence-electron chi connectivity index (χ2n) is 5.55. The van der Waals surface area contributed by atoms with E-state index in [1.165, 1.54) is 0 Å². The first-order chi connectivity index (χ1) is 11.0. The van der Waals surface area contributed by atoms with Gasteiger partial charge in [-0.1, -0.05) is 29.8 Å². The van der Waals surface area contributed by atoms with E-state index in [-0.39, 0.29) is 11.9 Å². The number of nitriles is 1. The molecule has 0 saturated heterocycles. The van der Waals surface area contributed by atoms with Gasteiger partial charge >= 0.3 is 0 Å². The monoisotopic (exact) mass is 328 g/mol. The lowest BCUT2D eigenvalue weighted by molar-refractivity contribution is -0.907. The van der Waals surface area contributed by atoms with Gasteiger partial charge in [0.15, 0.2) is 6.04 Å². The highest BCUT2D eigenvalue weighted by molar-refractivity contribution is 6.30. The maximum absolute atomic E-state index is 12.4. The van der Waals surface area contributed by atoms with Gasteiger partial charge in [-0.2, -0.15) is 5.26 Å². The van der Waals surface area contributed by atoms with Gasteiger partial charge in [0.1, 0.15) is 6.54 Å². The Morgan fingerprint density at radius 2 is 2.00 bits per heavy atom. The molecule has 0 aromatic heterocycles. The molecule has 2 rings (SSSR count). The van der Waals surface area contributed by atoms with Crippen LogP contribution in [0.5, 0.6) is 0 Å². The largest absolute Gasteiger partial charge is 0.324 e. The van der Waals surface area contributed by atoms with Gasteiger partial charge in [-0.3, -0.25) is 4.79 Å². The van der Waals surface area contributed by atoms with Gasteiger partial charge < -0.3 is 10.2 Å². The Morgan fingerprint density at radius 3 is 2.65 bits per heavy atom. The minimum atomic E-state index is -0.226. The molecular formula is C18H19ClN3O+. The number of nitrogens with one attached hydrogen (secondary N) is 2. The van der Waals surface area contributed by atoms with E-state index >= 15 is 0 Å². The van der Waals surface area contributed by atoms with Crippen LogP contribution in [0.4, 0.5) is 5.69 Å². The molecule has 23 heavy (non-hydrogen) atoms. The van der Waals surface area contributed by atoms with E-state index in [2.05, 4.69) is 11.4 Å². The second kappa shape index (κ2) is 7.77. The molecule has 2 aromatic rings. The molecule has 0 saturated carbocycles. The molecule has 5 heteroatoms. The topological polar surface area (TPSA) is 57.3 Å². The Labute approximate surface area is 141 Å². The highest BCUT2D eigenvalue weighted by Gasteiger charge is 2.22. The Balaban J connectivity index is 1.98. The van der Waals surface area contributed by atoms with Crippen molar-refractivity contribution in [2.45, 2.75) is 19.5 Å². The number of anilines is 1. The number of nitrogens with zero attached hydrogens (tertiary/aromatic N) is 1. The first kappa shape index (κ1) is 17.0. The lowest BCUT2D eigenvalue weighted by Gasteiger charge is -2.21. The maximum Gasteiger partial charge on any atom is 0.282 e. The summed E-state index contributed by atoms with van der Waals surface area (Å²) in [6.45, 7) is 2.61. The van der Waals surface area contributed by atoms with E-state index in [0.717, 1.165) is 17.0 Å². The van der Waals surface area contributed by atoms with E-state index in [1.54, 1.807) is 24.3 Å². The molecular weight excluding hydrogens is 310 g/mol. The molecule has 2 atom stereocenters. The third kappa shape index (κ3) is 4.82. The van der Waals surface area contributed by atoms with Crippen LogP contribution in [0.15, 0.2) is 48.5 Å². The number of carbonyl (C=O) groups excluding carboxylic acids is 1. The first-order valence-electron chi connectivity index (χ1n) is 7.37. The fourth-order valence-corrected chi connectivity index (χ4v) is 2.34. The molecule has 0 aliphatic heterocycles. The third-order valence-corrected chi connectivity index (χ3v) is 4.04. The molecule has 0 aliphatic carbocycles. The second-order valence-corrected chi connectivity index (χ2v) is 5.99. The SMILES string of the molecule is C[C@@H](C(=O)Nc1cccc(C#N)c1)[NH+](C)Cc1ccc(Cl)cc1. The van der Waals surface area contributed by atoms with Crippen LogP contribution in [0.25, 0.3) is 0 Å². The molecule has 0 radical (unpaired) electrons. The lowest BCUT2D eigenvalue weighted by atomic mass is 10.1. The number of amides is 1. The van der Waals surface area contributed by atoms with Crippen LogP contribution in [-0.4, -0.2) is 19.0 Å². The number of likely N-dealkylation sites (N-methyl/N-ethyl adjacent to an activating group) is 1. The number of halogens is 1. The van der Waals surface area contributed by atoms with E-state index in [1.807, 2.05) is 38.2 Å². The lowest BCUT2D eigenvalue weighted by Crippen LogP contribution is -3.12. The van der Waals surface area contributed by atoms with E-state index in [9.17, 15) is 4.79 Å². The minimum absolute atomic E-state index is 0.0773.